The van der Waals surface area contributed by atoms with Crippen LogP contribution in [0.3, 0.4) is 0 Å². The zero-order chi connectivity index (χ0) is 15.7. The number of sulfone groups is 1. The monoisotopic (exact) mass is 314 g/mol. The van der Waals surface area contributed by atoms with E-state index in [0.29, 0.717) is 5.75 Å². The van der Waals surface area contributed by atoms with Crippen LogP contribution in [0.4, 0.5) is 0 Å². The van der Waals surface area contributed by atoms with Crippen molar-refractivity contribution in [3.63, 3.8) is 0 Å². The maximum atomic E-state index is 11.6. The lowest BCUT2D eigenvalue weighted by molar-refractivity contribution is 0.412. The minimum Gasteiger partial charge on any atom is -0.504 e. The van der Waals surface area contributed by atoms with Crippen molar-refractivity contribution in [3.8, 4) is 17.2 Å². The van der Waals surface area contributed by atoms with Gasteiger partial charge in [-0.25, -0.2) is 8.42 Å². The highest BCUT2D eigenvalue weighted by Crippen LogP contribution is 2.35. The molecule has 0 radical (unpaired) electrons. The van der Waals surface area contributed by atoms with Gasteiger partial charge in [0, 0.05) is 17.7 Å². The fraction of sp³-hybridized carbons (Fsp3) is 0.0588. The van der Waals surface area contributed by atoms with Crippen molar-refractivity contribution in [1.82, 2.24) is 0 Å². The highest BCUT2D eigenvalue weighted by atomic mass is 32.2. The summed E-state index contributed by atoms with van der Waals surface area (Å²) >= 11 is 0. The van der Waals surface area contributed by atoms with Gasteiger partial charge in [0.2, 0.25) is 0 Å². The molecule has 22 heavy (non-hydrogen) atoms. The van der Waals surface area contributed by atoms with Crippen molar-refractivity contribution >= 4 is 20.6 Å². The average molecular weight is 314 g/mol. The van der Waals surface area contributed by atoms with E-state index in [1.165, 1.54) is 18.2 Å². The average Bonchev–Trinajstić information content (AvgIpc) is 2.49. The summed E-state index contributed by atoms with van der Waals surface area (Å²) in [6, 6.07) is 17.2. The first kappa shape index (κ1) is 14.4. The number of hydrogen-bond donors (Lipinski definition) is 1. The number of rotatable bonds is 3. The van der Waals surface area contributed by atoms with Crippen molar-refractivity contribution < 1.29 is 18.3 Å². The van der Waals surface area contributed by atoms with Crippen molar-refractivity contribution in [3.05, 3.63) is 60.7 Å². The lowest BCUT2D eigenvalue weighted by Crippen LogP contribution is -1.97. The van der Waals surface area contributed by atoms with E-state index in [1.807, 2.05) is 36.4 Å². The number of fused-ring (bicyclic) bond motifs is 1. The molecule has 0 aromatic heterocycles. The Morgan fingerprint density at radius 3 is 2.41 bits per heavy atom. The van der Waals surface area contributed by atoms with E-state index in [9.17, 15) is 13.5 Å². The third-order valence-corrected chi connectivity index (χ3v) is 4.44. The second-order valence-electron chi connectivity index (χ2n) is 4.98. The Balaban J connectivity index is 2.09. The van der Waals surface area contributed by atoms with E-state index in [1.54, 1.807) is 6.07 Å². The van der Waals surface area contributed by atoms with Crippen molar-refractivity contribution in [2.24, 2.45) is 0 Å². The summed E-state index contributed by atoms with van der Waals surface area (Å²) in [6.45, 7) is 0. The molecule has 0 aliphatic rings. The first-order valence-corrected chi connectivity index (χ1v) is 8.53. The Bertz CT molecular complexity index is 941. The molecule has 3 rings (SSSR count). The largest absolute Gasteiger partial charge is 0.504 e. The minimum atomic E-state index is -3.37. The van der Waals surface area contributed by atoms with Crippen LogP contribution in [0.15, 0.2) is 65.6 Å². The molecular formula is C17H14O4S. The molecule has 0 aliphatic heterocycles. The maximum Gasteiger partial charge on any atom is 0.175 e. The Morgan fingerprint density at radius 1 is 0.909 bits per heavy atom. The molecule has 0 atom stereocenters. The van der Waals surface area contributed by atoms with Crippen LogP contribution in [0.2, 0.25) is 0 Å². The minimum absolute atomic E-state index is 0.0977. The number of benzene rings is 3. The molecule has 3 aromatic rings. The van der Waals surface area contributed by atoms with Gasteiger partial charge in [-0.1, -0.05) is 36.4 Å². The molecule has 0 amide bonds. The number of ether oxygens (including phenoxy) is 1. The van der Waals surface area contributed by atoms with E-state index in [4.69, 9.17) is 4.74 Å². The second kappa shape index (κ2) is 5.35. The van der Waals surface area contributed by atoms with Gasteiger partial charge in [-0.2, -0.15) is 0 Å². The smallest absolute Gasteiger partial charge is 0.175 e. The van der Waals surface area contributed by atoms with Crippen molar-refractivity contribution in [2.75, 3.05) is 6.26 Å². The molecule has 5 heteroatoms. The molecular weight excluding hydrogens is 300 g/mol. The SMILES string of the molecule is CS(=O)(=O)c1ccc(O)c(Oc2cccc3ccccc23)c1. The third-order valence-electron chi connectivity index (χ3n) is 3.33. The van der Waals surface area contributed by atoms with Gasteiger partial charge in [0.15, 0.2) is 21.3 Å². The van der Waals surface area contributed by atoms with Gasteiger partial charge in [-0.15, -0.1) is 0 Å². The molecule has 3 aromatic carbocycles. The summed E-state index contributed by atoms with van der Waals surface area (Å²) in [5, 5.41) is 11.8. The number of hydrogen-bond acceptors (Lipinski definition) is 4. The van der Waals surface area contributed by atoms with Crippen LogP contribution >= 0.6 is 0 Å². The first-order chi connectivity index (χ1) is 10.4. The van der Waals surface area contributed by atoms with Crippen LogP contribution in [-0.4, -0.2) is 19.8 Å². The van der Waals surface area contributed by atoms with Gasteiger partial charge in [0.1, 0.15) is 5.75 Å². The number of aromatic hydroxyl groups is 1. The van der Waals surface area contributed by atoms with Crippen molar-refractivity contribution in [2.45, 2.75) is 4.90 Å². The Morgan fingerprint density at radius 2 is 1.64 bits per heavy atom. The standard InChI is InChI=1S/C17H14O4S/c1-22(19,20)13-9-10-15(18)17(11-13)21-16-8-4-6-12-5-2-3-7-14(12)16/h2-11,18H,1H3. The van der Waals surface area contributed by atoms with Gasteiger partial charge < -0.3 is 9.84 Å². The first-order valence-electron chi connectivity index (χ1n) is 6.64. The van der Waals surface area contributed by atoms with Crippen LogP contribution < -0.4 is 4.74 Å². The van der Waals surface area contributed by atoms with E-state index in [-0.39, 0.29) is 16.4 Å². The summed E-state index contributed by atoms with van der Waals surface area (Å²) in [6.07, 6.45) is 1.11. The molecule has 0 saturated heterocycles. The van der Waals surface area contributed by atoms with Crippen LogP contribution in [-0.2, 0) is 9.84 Å². The molecule has 0 bridgehead atoms. The normalized spacial score (nSPS) is 11.5. The molecule has 4 nitrogen and oxygen atoms in total. The molecule has 0 unspecified atom stereocenters. The van der Waals surface area contributed by atoms with Crippen LogP contribution in [0.1, 0.15) is 0 Å². The highest BCUT2D eigenvalue weighted by Gasteiger charge is 2.13. The number of phenols is 1. The molecule has 0 aliphatic carbocycles. The fourth-order valence-electron chi connectivity index (χ4n) is 2.21. The quantitative estimate of drug-likeness (QED) is 0.800. The van der Waals surface area contributed by atoms with E-state index in [0.717, 1.165) is 17.0 Å². The Labute approximate surface area is 128 Å². The summed E-state index contributed by atoms with van der Waals surface area (Å²) in [4.78, 5) is 0.0977. The molecule has 0 fully saturated rings. The van der Waals surface area contributed by atoms with E-state index in [2.05, 4.69) is 0 Å². The highest BCUT2D eigenvalue weighted by molar-refractivity contribution is 7.90. The van der Waals surface area contributed by atoms with Gasteiger partial charge >= 0.3 is 0 Å². The molecule has 1 N–H and O–H groups in total. The zero-order valence-corrected chi connectivity index (χ0v) is 12.7. The van der Waals surface area contributed by atoms with Crippen LogP contribution in [0.25, 0.3) is 10.8 Å². The summed E-state index contributed by atoms with van der Waals surface area (Å²) in [5.74, 6) is 0.554. The lowest BCUT2D eigenvalue weighted by atomic mass is 10.1. The predicted molar refractivity (Wildman–Crippen MR) is 85.2 cm³/mol. The third kappa shape index (κ3) is 2.76. The van der Waals surface area contributed by atoms with Crippen LogP contribution in [0, 0.1) is 0 Å². The maximum absolute atomic E-state index is 11.6. The molecule has 0 spiro atoms. The van der Waals surface area contributed by atoms with E-state index >= 15 is 0 Å². The van der Waals surface area contributed by atoms with Gasteiger partial charge in [0.25, 0.3) is 0 Å². The van der Waals surface area contributed by atoms with Gasteiger partial charge in [-0.3, -0.25) is 0 Å². The van der Waals surface area contributed by atoms with E-state index < -0.39 is 9.84 Å². The summed E-state index contributed by atoms with van der Waals surface area (Å²) in [7, 11) is -3.37. The Hall–Kier alpha value is -2.53. The number of phenolic OH excluding ortho intramolecular Hbond substituents is 1. The predicted octanol–water partition coefficient (Wildman–Crippen LogP) is 3.74. The Kier molecular flexibility index (Phi) is 3.50. The topological polar surface area (TPSA) is 63.6 Å². The summed E-state index contributed by atoms with van der Waals surface area (Å²) < 4.78 is 29.0. The molecule has 0 heterocycles. The molecule has 112 valence electrons. The zero-order valence-electron chi connectivity index (χ0n) is 11.9. The molecule has 0 saturated carbocycles. The summed E-state index contributed by atoms with van der Waals surface area (Å²) in [5.41, 5.74) is 0. The van der Waals surface area contributed by atoms with Gasteiger partial charge in [-0.05, 0) is 23.6 Å². The fourth-order valence-corrected chi connectivity index (χ4v) is 2.85. The lowest BCUT2D eigenvalue weighted by Gasteiger charge is -2.11. The van der Waals surface area contributed by atoms with Crippen LogP contribution in [0.5, 0.6) is 17.2 Å². The second-order valence-corrected chi connectivity index (χ2v) is 7.00. The van der Waals surface area contributed by atoms with Crippen molar-refractivity contribution in [1.29, 1.82) is 0 Å². The van der Waals surface area contributed by atoms with Gasteiger partial charge in [0.05, 0.1) is 4.90 Å².